The second-order valence-corrected chi connectivity index (χ2v) is 2.58. The summed E-state index contributed by atoms with van der Waals surface area (Å²) in [5.41, 5.74) is 6.84. The summed E-state index contributed by atoms with van der Waals surface area (Å²) in [7, 11) is 5.52. The first-order chi connectivity index (χ1) is 5.16. The molecule has 2 nitrogen and oxygen atoms in total. The van der Waals surface area contributed by atoms with Crippen LogP contribution < -0.4 is 11.2 Å². The van der Waals surface area contributed by atoms with Crippen LogP contribution in [0.5, 0.6) is 0 Å². The van der Waals surface area contributed by atoms with Gasteiger partial charge in [0.05, 0.1) is 11.6 Å². The highest BCUT2D eigenvalue weighted by Crippen LogP contribution is 2.16. The third-order valence-electron chi connectivity index (χ3n) is 1.47. The van der Waals surface area contributed by atoms with E-state index in [0.29, 0.717) is 21.7 Å². The van der Waals surface area contributed by atoms with Crippen molar-refractivity contribution in [3.63, 3.8) is 0 Å². The van der Waals surface area contributed by atoms with Gasteiger partial charge in [0.25, 0.3) is 0 Å². The van der Waals surface area contributed by atoms with Gasteiger partial charge >= 0.3 is 0 Å². The number of halogens is 1. The van der Waals surface area contributed by atoms with Crippen LogP contribution in [0, 0.1) is 0 Å². The van der Waals surface area contributed by atoms with Gasteiger partial charge in [-0.1, -0.05) is 23.1 Å². The van der Waals surface area contributed by atoms with Gasteiger partial charge in [-0.15, -0.1) is 0 Å². The molecule has 0 saturated heterocycles. The maximum Gasteiger partial charge on any atom is 0.116 e. The third-order valence-corrected chi connectivity index (χ3v) is 1.89. The van der Waals surface area contributed by atoms with Crippen molar-refractivity contribution in [1.29, 1.82) is 0 Å². The van der Waals surface area contributed by atoms with E-state index in [0.717, 1.165) is 0 Å². The van der Waals surface area contributed by atoms with Crippen LogP contribution in [-0.4, -0.2) is 13.0 Å². The van der Waals surface area contributed by atoms with E-state index in [2.05, 4.69) is 0 Å². The standard InChI is InChI=1S/C7H7BClNO/c8-6-4(3-11)1-2-5(10)7(6)9/h1-2,11H,3,10H2. The van der Waals surface area contributed by atoms with Crippen LogP contribution >= 0.6 is 11.6 Å². The van der Waals surface area contributed by atoms with Crippen LogP contribution in [0.25, 0.3) is 0 Å². The Morgan fingerprint density at radius 2 is 2.18 bits per heavy atom. The smallest absolute Gasteiger partial charge is 0.116 e. The number of hydrogen-bond donors (Lipinski definition) is 2. The van der Waals surface area contributed by atoms with Crippen molar-refractivity contribution >= 4 is 30.6 Å². The van der Waals surface area contributed by atoms with Crippen LogP contribution in [0.15, 0.2) is 12.1 Å². The number of nitrogen functional groups attached to an aromatic ring is 1. The van der Waals surface area contributed by atoms with Gasteiger partial charge in [0.15, 0.2) is 0 Å². The predicted molar refractivity (Wildman–Crippen MR) is 47.2 cm³/mol. The molecule has 0 fully saturated rings. The fourth-order valence-electron chi connectivity index (χ4n) is 0.788. The summed E-state index contributed by atoms with van der Waals surface area (Å²) < 4.78 is 0. The molecule has 0 aromatic heterocycles. The Kier molecular flexibility index (Phi) is 2.42. The van der Waals surface area contributed by atoms with Crippen molar-refractivity contribution in [2.24, 2.45) is 0 Å². The van der Waals surface area contributed by atoms with E-state index in [9.17, 15) is 0 Å². The Bertz CT molecular complexity index is 277. The number of anilines is 1. The molecule has 1 aromatic rings. The minimum absolute atomic E-state index is 0.119. The molecular formula is C7H7BClNO. The molecule has 0 spiro atoms. The van der Waals surface area contributed by atoms with E-state index in [-0.39, 0.29) is 6.61 Å². The molecule has 3 N–H and O–H groups in total. The highest BCUT2D eigenvalue weighted by Gasteiger charge is 2.03. The zero-order valence-corrected chi connectivity index (χ0v) is 6.60. The molecule has 0 saturated carbocycles. The van der Waals surface area contributed by atoms with Gasteiger partial charge < -0.3 is 10.8 Å². The third kappa shape index (κ3) is 1.49. The Morgan fingerprint density at radius 1 is 1.55 bits per heavy atom. The molecule has 4 heteroatoms. The highest BCUT2D eigenvalue weighted by atomic mass is 35.5. The number of aliphatic hydroxyl groups is 1. The Labute approximate surface area is 71.4 Å². The summed E-state index contributed by atoms with van der Waals surface area (Å²) in [4.78, 5) is 0. The van der Waals surface area contributed by atoms with Crippen LogP contribution in [0.1, 0.15) is 5.56 Å². The molecule has 11 heavy (non-hydrogen) atoms. The fraction of sp³-hybridized carbons (Fsp3) is 0.143. The molecule has 0 amide bonds. The van der Waals surface area contributed by atoms with Gasteiger partial charge in [-0.25, -0.2) is 0 Å². The van der Waals surface area contributed by atoms with Crippen molar-refractivity contribution in [1.82, 2.24) is 0 Å². The quantitative estimate of drug-likeness (QED) is 0.464. The monoisotopic (exact) mass is 167 g/mol. The topological polar surface area (TPSA) is 46.2 Å². The number of hydrogen-bond acceptors (Lipinski definition) is 2. The summed E-state index contributed by atoms with van der Waals surface area (Å²) in [6, 6.07) is 3.26. The first-order valence-electron chi connectivity index (χ1n) is 3.10. The molecule has 1 aromatic carbocycles. The van der Waals surface area contributed by atoms with Crippen molar-refractivity contribution in [3.8, 4) is 0 Å². The molecule has 0 heterocycles. The summed E-state index contributed by atoms with van der Waals surface area (Å²) in [5.74, 6) is 0. The summed E-state index contributed by atoms with van der Waals surface area (Å²) >= 11 is 5.70. The van der Waals surface area contributed by atoms with Gasteiger partial charge in [-0.05, 0) is 11.6 Å². The molecule has 0 aliphatic heterocycles. The molecule has 0 bridgehead atoms. The van der Waals surface area contributed by atoms with Crippen LogP contribution in [0.3, 0.4) is 0 Å². The van der Waals surface area contributed by atoms with Crippen molar-refractivity contribution in [2.45, 2.75) is 6.61 Å². The van der Waals surface area contributed by atoms with Crippen molar-refractivity contribution < 1.29 is 5.11 Å². The minimum Gasteiger partial charge on any atom is -0.398 e. The van der Waals surface area contributed by atoms with Crippen LogP contribution in [0.4, 0.5) is 5.69 Å². The normalized spacial score (nSPS) is 10.0. The number of aliphatic hydroxyl groups excluding tert-OH is 1. The highest BCUT2D eigenvalue weighted by molar-refractivity contribution is 6.47. The largest absolute Gasteiger partial charge is 0.398 e. The maximum absolute atomic E-state index is 8.75. The van der Waals surface area contributed by atoms with Gasteiger partial charge in [0, 0.05) is 5.69 Å². The SMILES string of the molecule is [B]c1c(CO)ccc(N)c1Cl. The average Bonchev–Trinajstić information content (AvgIpc) is 2.01. The van der Waals surface area contributed by atoms with Gasteiger partial charge in [-0.3, -0.25) is 0 Å². The van der Waals surface area contributed by atoms with E-state index < -0.39 is 0 Å². The second-order valence-electron chi connectivity index (χ2n) is 2.20. The van der Waals surface area contributed by atoms with Gasteiger partial charge in [-0.2, -0.15) is 0 Å². The number of nitrogens with two attached hydrogens (primary N) is 1. The summed E-state index contributed by atoms with van der Waals surface area (Å²) in [6.45, 7) is -0.119. The average molecular weight is 167 g/mol. The Hall–Kier alpha value is -0.665. The maximum atomic E-state index is 8.75. The summed E-state index contributed by atoms with van der Waals surface area (Å²) in [5, 5.41) is 9.07. The van der Waals surface area contributed by atoms with Crippen molar-refractivity contribution in [2.75, 3.05) is 5.73 Å². The lowest BCUT2D eigenvalue weighted by Crippen LogP contribution is -2.13. The van der Waals surface area contributed by atoms with E-state index in [4.69, 9.17) is 30.3 Å². The van der Waals surface area contributed by atoms with Crippen molar-refractivity contribution in [3.05, 3.63) is 22.7 Å². The summed E-state index contributed by atoms with van der Waals surface area (Å²) in [6.07, 6.45) is 0. The lowest BCUT2D eigenvalue weighted by Gasteiger charge is -2.06. The zero-order chi connectivity index (χ0) is 8.43. The van der Waals surface area contributed by atoms with Crippen LogP contribution in [-0.2, 0) is 6.61 Å². The van der Waals surface area contributed by atoms with Crippen LogP contribution in [0.2, 0.25) is 5.02 Å². The van der Waals surface area contributed by atoms with E-state index >= 15 is 0 Å². The first-order valence-corrected chi connectivity index (χ1v) is 3.47. The molecule has 0 atom stereocenters. The molecule has 0 unspecified atom stereocenters. The first kappa shape index (κ1) is 8.43. The molecule has 56 valence electrons. The van der Waals surface area contributed by atoms with E-state index in [1.807, 2.05) is 0 Å². The minimum atomic E-state index is -0.119. The van der Waals surface area contributed by atoms with E-state index in [1.54, 1.807) is 12.1 Å². The Morgan fingerprint density at radius 3 is 2.73 bits per heavy atom. The fourth-order valence-corrected chi connectivity index (χ4v) is 0.972. The Balaban J connectivity index is 3.25. The zero-order valence-electron chi connectivity index (χ0n) is 5.84. The second kappa shape index (κ2) is 3.16. The molecule has 2 radical (unpaired) electrons. The van der Waals surface area contributed by atoms with Gasteiger partial charge in [0.2, 0.25) is 0 Å². The van der Waals surface area contributed by atoms with E-state index in [1.165, 1.54) is 0 Å². The lowest BCUT2D eigenvalue weighted by atomic mass is 9.90. The molecule has 0 aliphatic carbocycles. The molecular weight excluding hydrogens is 160 g/mol. The number of rotatable bonds is 1. The molecule has 1 rings (SSSR count). The lowest BCUT2D eigenvalue weighted by molar-refractivity contribution is 0.283. The number of benzene rings is 1. The van der Waals surface area contributed by atoms with Gasteiger partial charge in [0.1, 0.15) is 7.85 Å². The predicted octanol–water partition coefficient (Wildman–Crippen LogP) is 0.208. The molecule has 0 aliphatic rings.